The van der Waals surface area contributed by atoms with Gasteiger partial charge < -0.3 is 8.83 Å². The van der Waals surface area contributed by atoms with Crippen molar-refractivity contribution in [2.24, 2.45) is 0 Å². The second-order valence-electron chi connectivity index (χ2n) is 4.31. The van der Waals surface area contributed by atoms with Crippen LogP contribution >= 0.6 is 35.1 Å². The lowest BCUT2D eigenvalue weighted by Gasteiger charge is -1.97. The molecular weight excluding hydrogens is 342 g/mol. The largest absolute Gasteiger partial charge is 0.444 e. The van der Waals surface area contributed by atoms with Crippen LogP contribution in [0.5, 0.6) is 0 Å². The van der Waals surface area contributed by atoms with Crippen molar-refractivity contribution in [2.75, 3.05) is 6.26 Å². The van der Waals surface area contributed by atoms with E-state index in [1.54, 1.807) is 24.1 Å². The standard InChI is InChI=1S/C14H12ClN3O2S2/c1-21-8-12-17-18-14(20-12)22-7-9-6-19-13(16-9)10-4-2-3-5-11(10)15/h2-6H,7-8H2,1H3. The Labute approximate surface area is 140 Å². The molecule has 0 spiro atoms. The molecule has 3 rings (SSSR count). The topological polar surface area (TPSA) is 65.0 Å². The highest BCUT2D eigenvalue weighted by Gasteiger charge is 2.12. The molecule has 0 radical (unpaired) electrons. The molecule has 2 heterocycles. The third-order valence-electron chi connectivity index (χ3n) is 2.72. The van der Waals surface area contributed by atoms with Crippen LogP contribution in [-0.4, -0.2) is 21.4 Å². The number of nitrogens with zero attached hydrogens (tertiary/aromatic N) is 3. The first-order chi connectivity index (χ1) is 10.8. The van der Waals surface area contributed by atoms with Gasteiger partial charge in [-0.1, -0.05) is 35.5 Å². The van der Waals surface area contributed by atoms with E-state index in [1.807, 2.05) is 24.5 Å². The average Bonchev–Trinajstić information content (AvgIpc) is 3.15. The van der Waals surface area contributed by atoms with Gasteiger partial charge in [0.1, 0.15) is 6.26 Å². The van der Waals surface area contributed by atoms with Crippen molar-refractivity contribution in [1.29, 1.82) is 0 Å². The molecule has 0 atom stereocenters. The highest BCUT2D eigenvalue weighted by Crippen LogP contribution is 2.28. The van der Waals surface area contributed by atoms with Crippen molar-refractivity contribution in [1.82, 2.24) is 15.2 Å². The van der Waals surface area contributed by atoms with Gasteiger partial charge in [0, 0.05) is 5.75 Å². The van der Waals surface area contributed by atoms with Crippen LogP contribution in [0.15, 0.2) is 44.6 Å². The lowest BCUT2D eigenvalue weighted by Crippen LogP contribution is -1.83. The minimum absolute atomic E-state index is 0.509. The molecule has 0 fully saturated rings. The third kappa shape index (κ3) is 3.66. The Balaban J connectivity index is 1.65. The number of thioether (sulfide) groups is 2. The minimum atomic E-state index is 0.509. The fraction of sp³-hybridized carbons (Fsp3) is 0.214. The van der Waals surface area contributed by atoms with E-state index in [-0.39, 0.29) is 0 Å². The molecule has 0 unspecified atom stereocenters. The maximum absolute atomic E-state index is 6.13. The summed E-state index contributed by atoms with van der Waals surface area (Å²) in [5.74, 6) is 2.45. The summed E-state index contributed by atoms with van der Waals surface area (Å²) in [4.78, 5) is 4.43. The second kappa shape index (κ2) is 7.21. The number of rotatable bonds is 6. The van der Waals surface area contributed by atoms with Gasteiger partial charge in [0.25, 0.3) is 5.22 Å². The van der Waals surface area contributed by atoms with Gasteiger partial charge in [0.15, 0.2) is 0 Å². The average molecular weight is 354 g/mol. The SMILES string of the molecule is CSCc1nnc(SCc2coc(-c3ccccc3Cl)n2)o1. The first kappa shape index (κ1) is 15.5. The summed E-state index contributed by atoms with van der Waals surface area (Å²) in [6.45, 7) is 0. The van der Waals surface area contributed by atoms with E-state index >= 15 is 0 Å². The first-order valence-corrected chi connectivity index (χ1v) is 9.15. The molecule has 0 aliphatic rings. The zero-order valence-electron chi connectivity index (χ0n) is 11.7. The van der Waals surface area contributed by atoms with Crippen molar-refractivity contribution in [3.8, 4) is 11.5 Å². The highest BCUT2D eigenvalue weighted by molar-refractivity contribution is 7.98. The van der Waals surface area contributed by atoms with Crippen molar-refractivity contribution in [3.63, 3.8) is 0 Å². The van der Waals surface area contributed by atoms with E-state index in [0.717, 1.165) is 11.3 Å². The highest BCUT2D eigenvalue weighted by atomic mass is 35.5. The van der Waals surface area contributed by atoms with Gasteiger partial charge in [-0.15, -0.1) is 10.2 Å². The van der Waals surface area contributed by atoms with E-state index in [9.17, 15) is 0 Å². The fourth-order valence-corrected chi connectivity index (χ4v) is 2.98. The molecule has 0 aliphatic heterocycles. The smallest absolute Gasteiger partial charge is 0.276 e. The Kier molecular flexibility index (Phi) is 5.07. The second-order valence-corrected chi connectivity index (χ2v) is 6.51. The van der Waals surface area contributed by atoms with Crippen molar-refractivity contribution in [3.05, 3.63) is 47.1 Å². The molecule has 3 aromatic rings. The van der Waals surface area contributed by atoms with Crippen LogP contribution in [-0.2, 0) is 11.5 Å². The fourth-order valence-electron chi connectivity index (χ4n) is 1.75. The van der Waals surface area contributed by atoms with Crippen LogP contribution in [0.25, 0.3) is 11.5 Å². The molecule has 114 valence electrons. The quantitative estimate of drug-likeness (QED) is 0.603. The Morgan fingerprint density at radius 3 is 2.86 bits per heavy atom. The lowest BCUT2D eigenvalue weighted by molar-refractivity contribution is 0.426. The van der Waals surface area contributed by atoms with Crippen LogP contribution in [0, 0.1) is 0 Å². The van der Waals surface area contributed by atoms with Gasteiger partial charge in [-0.2, -0.15) is 11.8 Å². The molecule has 1 aromatic carbocycles. The van der Waals surface area contributed by atoms with Gasteiger partial charge in [-0.3, -0.25) is 0 Å². The summed E-state index contributed by atoms with van der Waals surface area (Å²) in [5.41, 5.74) is 1.57. The van der Waals surface area contributed by atoms with E-state index in [1.165, 1.54) is 11.8 Å². The Hall–Kier alpha value is -1.44. The van der Waals surface area contributed by atoms with E-state index in [0.29, 0.717) is 33.5 Å². The van der Waals surface area contributed by atoms with Crippen molar-refractivity contribution < 1.29 is 8.83 Å². The number of benzene rings is 1. The third-order valence-corrected chi connectivity index (χ3v) is 4.43. The van der Waals surface area contributed by atoms with Crippen molar-refractivity contribution >= 4 is 35.1 Å². The maximum Gasteiger partial charge on any atom is 0.276 e. The molecule has 0 bridgehead atoms. The predicted molar refractivity (Wildman–Crippen MR) is 88.0 cm³/mol. The van der Waals surface area contributed by atoms with Crippen molar-refractivity contribution in [2.45, 2.75) is 16.7 Å². The summed E-state index contributed by atoms with van der Waals surface area (Å²) in [7, 11) is 0. The van der Waals surface area contributed by atoms with Crippen LogP contribution in [0.4, 0.5) is 0 Å². The summed E-state index contributed by atoms with van der Waals surface area (Å²) in [6.07, 6.45) is 3.60. The van der Waals surface area contributed by atoms with Gasteiger partial charge in [-0.25, -0.2) is 4.98 Å². The van der Waals surface area contributed by atoms with E-state index in [4.69, 9.17) is 20.4 Å². The van der Waals surface area contributed by atoms with Gasteiger partial charge in [0.05, 0.1) is 22.0 Å². The number of aromatic nitrogens is 3. The number of oxazole rings is 1. The Morgan fingerprint density at radius 1 is 1.18 bits per heavy atom. The molecule has 8 heteroatoms. The monoisotopic (exact) mass is 353 g/mol. The van der Waals surface area contributed by atoms with E-state index in [2.05, 4.69) is 15.2 Å². The van der Waals surface area contributed by atoms with Gasteiger partial charge in [0.2, 0.25) is 11.8 Å². The molecule has 22 heavy (non-hydrogen) atoms. The predicted octanol–water partition coefficient (Wildman–Crippen LogP) is 4.53. The normalized spacial score (nSPS) is 11.0. The zero-order valence-corrected chi connectivity index (χ0v) is 14.0. The minimum Gasteiger partial charge on any atom is -0.444 e. The Bertz CT molecular complexity index is 760. The number of hydrogen-bond acceptors (Lipinski definition) is 7. The molecular formula is C14H12ClN3O2S2. The number of halogens is 1. The number of hydrogen-bond donors (Lipinski definition) is 0. The Morgan fingerprint density at radius 2 is 2.05 bits per heavy atom. The maximum atomic E-state index is 6.13. The molecule has 0 amide bonds. The molecule has 2 aromatic heterocycles. The van der Waals surface area contributed by atoms with Gasteiger partial charge in [-0.05, 0) is 18.4 Å². The van der Waals surface area contributed by atoms with Crippen LogP contribution in [0.1, 0.15) is 11.6 Å². The lowest BCUT2D eigenvalue weighted by atomic mass is 10.2. The summed E-state index contributed by atoms with van der Waals surface area (Å²) >= 11 is 9.20. The van der Waals surface area contributed by atoms with E-state index < -0.39 is 0 Å². The van der Waals surface area contributed by atoms with Crippen LogP contribution in [0.2, 0.25) is 5.02 Å². The van der Waals surface area contributed by atoms with Crippen LogP contribution < -0.4 is 0 Å². The zero-order chi connectivity index (χ0) is 15.4. The first-order valence-electron chi connectivity index (χ1n) is 6.39. The molecule has 0 N–H and O–H groups in total. The summed E-state index contributed by atoms with van der Waals surface area (Å²) in [5, 5.41) is 9.09. The molecule has 0 saturated heterocycles. The van der Waals surface area contributed by atoms with Crippen LogP contribution in [0.3, 0.4) is 0 Å². The van der Waals surface area contributed by atoms with Gasteiger partial charge >= 0.3 is 0 Å². The molecule has 5 nitrogen and oxygen atoms in total. The molecule has 0 saturated carbocycles. The summed E-state index contributed by atoms with van der Waals surface area (Å²) in [6, 6.07) is 7.44. The molecule has 0 aliphatic carbocycles. The summed E-state index contributed by atoms with van der Waals surface area (Å²) < 4.78 is 11.0.